The number of amides is 1. The first kappa shape index (κ1) is 18.1. The highest BCUT2D eigenvalue weighted by atomic mass is 16.6. The highest BCUT2D eigenvalue weighted by molar-refractivity contribution is 5.96. The molecule has 2 atom stereocenters. The molecule has 0 radical (unpaired) electrons. The highest BCUT2D eigenvalue weighted by Crippen LogP contribution is 2.34. The van der Waals surface area contributed by atoms with Gasteiger partial charge in [-0.15, -0.1) is 0 Å². The summed E-state index contributed by atoms with van der Waals surface area (Å²) < 4.78 is 0. The zero-order valence-corrected chi connectivity index (χ0v) is 14.7. The third-order valence-electron chi connectivity index (χ3n) is 4.96. The van der Waals surface area contributed by atoms with Crippen LogP contribution in [0.15, 0.2) is 30.3 Å². The SMILES string of the molecule is CCCc1[nH]nc(C(=O)N2C[C@@H](CN)[C@H](c3ccccc3)C2)c1[N+](=O)[O-]. The van der Waals surface area contributed by atoms with Crippen LogP contribution in [0.3, 0.4) is 0 Å². The number of rotatable bonds is 6. The molecule has 1 aromatic heterocycles. The Morgan fingerprint density at radius 3 is 2.73 bits per heavy atom. The predicted octanol–water partition coefficient (Wildman–Crippen LogP) is 2.08. The van der Waals surface area contributed by atoms with Crippen molar-refractivity contribution < 1.29 is 9.72 Å². The number of likely N-dealkylation sites (tertiary alicyclic amines) is 1. The summed E-state index contributed by atoms with van der Waals surface area (Å²) in [6.45, 7) is 3.33. The Morgan fingerprint density at radius 2 is 2.12 bits per heavy atom. The maximum Gasteiger partial charge on any atom is 0.322 e. The Balaban J connectivity index is 1.86. The first-order chi connectivity index (χ1) is 12.6. The van der Waals surface area contributed by atoms with Crippen LogP contribution in [0.2, 0.25) is 0 Å². The van der Waals surface area contributed by atoms with E-state index in [1.54, 1.807) is 4.90 Å². The van der Waals surface area contributed by atoms with Gasteiger partial charge in [-0.3, -0.25) is 20.0 Å². The van der Waals surface area contributed by atoms with Gasteiger partial charge in [0.1, 0.15) is 5.69 Å². The van der Waals surface area contributed by atoms with E-state index in [2.05, 4.69) is 10.2 Å². The summed E-state index contributed by atoms with van der Waals surface area (Å²) in [5, 5.41) is 18.1. The lowest BCUT2D eigenvalue weighted by Gasteiger charge is -2.16. The number of hydrogen-bond acceptors (Lipinski definition) is 5. The monoisotopic (exact) mass is 357 g/mol. The molecule has 8 nitrogen and oxygen atoms in total. The lowest BCUT2D eigenvalue weighted by atomic mass is 9.89. The number of benzene rings is 1. The summed E-state index contributed by atoms with van der Waals surface area (Å²) >= 11 is 0. The zero-order valence-electron chi connectivity index (χ0n) is 14.7. The van der Waals surface area contributed by atoms with Crippen molar-refractivity contribution in [1.82, 2.24) is 15.1 Å². The van der Waals surface area contributed by atoms with Gasteiger partial charge in [-0.05, 0) is 24.4 Å². The van der Waals surface area contributed by atoms with Crippen molar-refractivity contribution in [2.24, 2.45) is 11.7 Å². The molecule has 1 saturated heterocycles. The standard InChI is InChI=1S/C18H23N5O3/c1-2-6-15-17(23(25)26)16(21-20-15)18(24)22-10-13(9-19)14(11-22)12-7-4-3-5-8-12/h3-5,7-8,13-14H,2,6,9-11,19H2,1H3,(H,20,21)/t13-,14+/m1/s1. The van der Waals surface area contributed by atoms with Crippen LogP contribution in [0.4, 0.5) is 5.69 Å². The second kappa shape index (κ2) is 7.65. The summed E-state index contributed by atoms with van der Waals surface area (Å²) in [4.78, 5) is 25.5. The highest BCUT2D eigenvalue weighted by Gasteiger charge is 2.39. The molecule has 0 bridgehead atoms. The number of carbonyl (C=O) groups is 1. The lowest BCUT2D eigenvalue weighted by molar-refractivity contribution is -0.385. The molecule has 2 aromatic rings. The van der Waals surface area contributed by atoms with E-state index in [1.807, 2.05) is 37.3 Å². The van der Waals surface area contributed by atoms with Crippen molar-refractivity contribution in [2.45, 2.75) is 25.7 Å². The number of nitrogens with one attached hydrogen (secondary N) is 1. The van der Waals surface area contributed by atoms with Crippen molar-refractivity contribution in [3.05, 3.63) is 57.4 Å². The maximum absolute atomic E-state index is 12.9. The molecule has 3 rings (SSSR count). The van der Waals surface area contributed by atoms with E-state index in [0.29, 0.717) is 31.7 Å². The number of nitrogens with zero attached hydrogens (tertiary/aromatic N) is 3. The van der Waals surface area contributed by atoms with Gasteiger partial charge in [0.2, 0.25) is 5.69 Å². The number of nitrogens with two attached hydrogens (primary N) is 1. The Labute approximate surface area is 151 Å². The van der Waals surface area contributed by atoms with Crippen LogP contribution in [0.25, 0.3) is 0 Å². The largest absolute Gasteiger partial charge is 0.336 e. The molecule has 1 aliphatic rings. The molecule has 8 heteroatoms. The van der Waals surface area contributed by atoms with Gasteiger partial charge in [0, 0.05) is 19.0 Å². The van der Waals surface area contributed by atoms with Crippen molar-refractivity contribution in [3.63, 3.8) is 0 Å². The van der Waals surface area contributed by atoms with Gasteiger partial charge in [-0.25, -0.2) is 0 Å². The Hall–Kier alpha value is -2.74. The second-order valence-electron chi connectivity index (χ2n) is 6.63. The molecular formula is C18H23N5O3. The van der Waals surface area contributed by atoms with Crippen molar-refractivity contribution in [2.75, 3.05) is 19.6 Å². The van der Waals surface area contributed by atoms with Gasteiger partial charge in [-0.2, -0.15) is 5.10 Å². The summed E-state index contributed by atoms with van der Waals surface area (Å²) in [7, 11) is 0. The number of nitro groups is 1. The van der Waals surface area contributed by atoms with Gasteiger partial charge < -0.3 is 10.6 Å². The normalized spacial score (nSPS) is 19.7. The molecule has 1 fully saturated rings. The summed E-state index contributed by atoms with van der Waals surface area (Å²) in [5.74, 6) is -0.167. The molecule has 26 heavy (non-hydrogen) atoms. The molecule has 0 saturated carbocycles. The minimum absolute atomic E-state index is 0.108. The van der Waals surface area contributed by atoms with E-state index in [4.69, 9.17) is 5.73 Å². The number of aromatic amines is 1. The average Bonchev–Trinajstić information content (AvgIpc) is 3.26. The van der Waals surface area contributed by atoms with Crippen LogP contribution in [-0.2, 0) is 6.42 Å². The smallest absolute Gasteiger partial charge is 0.322 e. The number of aryl methyl sites for hydroxylation is 1. The van der Waals surface area contributed by atoms with Gasteiger partial charge in [-0.1, -0.05) is 43.7 Å². The summed E-state index contributed by atoms with van der Waals surface area (Å²) in [6.07, 6.45) is 1.21. The Bertz CT molecular complexity index is 789. The predicted molar refractivity (Wildman–Crippen MR) is 96.9 cm³/mol. The van der Waals surface area contributed by atoms with Crippen LogP contribution in [0, 0.1) is 16.0 Å². The van der Waals surface area contributed by atoms with E-state index in [0.717, 1.165) is 12.0 Å². The molecule has 2 heterocycles. The maximum atomic E-state index is 12.9. The fourth-order valence-corrected chi connectivity index (χ4v) is 3.65. The number of aromatic nitrogens is 2. The molecule has 3 N–H and O–H groups in total. The molecule has 0 unspecified atom stereocenters. The topological polar surface area (TPSA) is 118 Å². The van der Waals surface area contributed by atoms with Crippen molar-refractivity contribution in [1.29, 1.82) is 0 Å². The van der Waals surface area contributed by atoms with Crippen LogP contribution < -0.4 is 5.73 Å². The van der Waals surface area contributed by atoms with Crippen LogP contribution in [0.1, 0.15) is 41.0 Å². The van der Waals surface area contributed by atoms with Gasteiger partial charge in [0.15, 0.2) is 0 Å². The fourth-order valence-electron chi connectivity index (χ4n) is 3.65. The summed E-state index contributed by atoms with van der Waals surface area (Å²) in [5.41, 5.74) is 7.13. The van der Waals surface area contributed by atoms with Gasteiger partial charge in [0.05, 0.1) is 4.92 Å². The van der Waals surface area contributed by atoms with Gasteiger partial charge in [0.25, 0.3) is 5.91 Å². The van der Waals surface area contributed by atoms with E-state index < -0.39 is 10.8 Å². The van der Waals surface area contributed by atoms with Crippen LogP contribution >= 0.6 is 0 Å². The number of carbonyl (C=O) groups excluding carboxylic acids is 1. The van der Waals surface area contributed by atoms with E-state index >= 15 is 0 Å². The van der Waals surface area contributed by atoms with Crippen LogP contribution in [-0.4, -0.2) is 45.6 Å². The minimum Gasteiger partial charge on any atom is -0.336 e. The molecular weight excluding hydrogens is 334 g/mol. The molecule has 0 spiro atoms. The molecule has 1 aliphatic heterocycles. The third kappa shape index (κ3) is 3.32. The first-order valence-corrected chi connectivity index (χ1v) is 8.82. The molecule has 1 aromatic carbocycles. The number of H-pyrrole nitrogens is 1. The summed E-state index contributed by atoms with van der Waals surface area (Å²) in [6, 6.07) is 9.92. The second-order valence-corrected chi connectivity index (χ2v) is 6.63. The first-order valence-electron chi connectivity index (χ1n) is 8.82. The molecule has 1 amide bonds. The fraction of sp³-hybridized carbons (Fsp3) is 0.444. The Morgan fingerprint density at radius 1 is 1.38 bits per heavy atom. The average molecular weight is 357 g/mol. The lowest BCUT2D eigenvalue weighted by Crippen LogP contribution is -2.30. The van der Waals surface area contributed by atoms with Gasteiger partial charge >= 0.3 is 5.69 Å². The van der Waals surface area contributed by atoms with E-state index in [9.17, 15) is 14.9 Å². The third-order valence-corrected chi connectivity index (χ3v) is 4.96. The molecule has 0 aliphatic carbocycles. The van der Waals surface area contributed by atoms with Crippen molar-refractivity contribution >= 4 is 11.6 Å². The quantitative estimate of drug-likeness (QED) is 0.606. The van der Waals surface area contributed by atoms with E-state index in [-0.39, 0.29) is 23.2 Å². The minimum atomic E-state index is -0.521. The molecule has 138 valence electrons. The van der Waals surface area contributed by atoms with Crippen LogP contribution in [0.5, 0.6) is 0 Å². The number of hydrogen-bond donors (Lipinski definition) is 2. The van der Waals surface area contributed by atoms with E-state index in [1.165, 1.54) is 0 Å². The Kier molecular flexibility index (Phi) is 5.32. The zero-order chi connectivity index (χ0) is 18.7. The van der Waals surface area contributed by atoms with Crippen molar-refractivity contribution in [3.8, 4) is 0 Å².